The van der Waals surface area contributed by atoms with E-state index in [1.807, 2.05) is 6.92 Å². The zero-order valence-electron chi connectivity index (χ0n) is 13.8. The molecule has 0 amide bonds. The SMILES string of the molecule is C=C/C=C(\C(=C/C)OCC1CC1)c1nc2cc(C(F)(F)F)ccc2o1. The van der Waals surface area contributed by atoms with Crippen LogP contribution in [0.4, 0.5) is 13.2 Å². The lowest BCUT2D eigenvalue weighted by molar-refractivity contribution is -0.137. The Morgan fingerprint density at radius 3 is 2.76 bits per heavy atom. The van der Waals surface area contributed by atoms with Crippen LogP contribution in [-0.4, -0.2) is 11.6 Å². The van der Waals surface area contributed by atoms with E-state index in [1.165, 1.54) is 6.07 Å². The van der Waals surface area contributed by atoms with Crippen molar-refractivity contribution in [1.82, 2.24) is 4.98 Å². The second kappa shape index (κ2) is 6.78. The van der Waals surface area contributed by atoms with Crippen LogP contribution in [0.15, 0.2) is 53.2 Å². The summed E-state index contributed by atoms with van der Waals surface area (Å²) in [6, 6.07) is 3.24. The van der Waals surface area contributed by atoms with E-state index in [4.69, 9.17) is 9.15 Å². The van der Waals surface area contributed by atoms with Crippen LogP contribution < -0.4 is 0 Å². The second-order valence-electron chi connectivity index (χ2n) is 5.92. The highest BCUT2D eigenvalue weighted by Crippen LogP contribution is 2.34. The maximum absolute atomic E-state index is 12.9. The van der Waals surface area contributed by atoms with Crippen molar-refractivity contribution >= 4 is 16.7 Å². The summed E-state index contributed by atoms with van der Waals surface area (Å²) in [4.78, 5) is 4.21. The number of nitrogens with zero attached hydrogens (tertiary/aromatic N) is 1. The first-order chi connectivity index (χ1) is 11.9. The highest BCUT2D eigenvalue weighted by Gasteiger charge is 2.31. The minimum absolute atomic E-state index is 0.150. The maximum atomic E-state index is 12.9. The van der Waals surface area contributed by atoms with Crippen LogP contribution in [-0.2, 0) is 10.9 Å². The van der Waals surface area contributed by atoms with Gasteiger partial charge in [0.15, 0.2) is 5.58 Å². The van der Waals surface area contributed by atoms with Crippen LogP contribution in [0.5, 0.6) is 0 Å². The Bertz CT molecular complexity index is 842. The van der Waals surface area contributed by atoms with E-state index >= 15 is 0 Å². The van der Waals surface area contributed by atoms with Gasteiger partial charge in [-0.15, -0.1) is 0 Å². The average Bonchev–Trinajstić information content (AvgIpc) is 3.29. The monoisotopic (exact) mass is 349 g/mol. The molecule has 0 radical (unpaired) electrons. The van der Waals surface area contributed by atoms with Crippen molar-refractivity contribution in [3.63, 3.8) is 0 Å². The van der Waals surface area contributed by atoms with Gasteiger partial charge in [0.25, 0.3) is 0 Å². The van der Waals surface area contributed by atoms with E-state index in [0.29, 0.717) is 23.9 Å². The van der Waals surface area contributed by atoms with Crippen LogP contribution in [0.25, 0.3) is 16.7 Å². The molecule has 25 heavy (non-hydrogen) atoms. The molecule has 0 aliphatic heterocycles. The van der Waals surface area contributed by atoms with E-state index in [9.17, 15) is 13.2 Å². The third kappa shape index (κ3) is 3.95. The fourth-order valence-electron chi connectivity index (χ4n) is 2.40. The number of aromatic nitrogens is 1. The molecule has 3 rings (SSSR count). The molecule has 1 saturated carbocycles. The van der Waals surface area contributed by atoms with Gasteiger partial charge >= 0.3 is 6.18 Å². The molecule has 0 N–H and O–H groups in total. The van der Waals surface area contributed by atoms with Crippen molar-refractivity contribution in [2.24, 2.45) is 5.92 Å². The van der Waals surface area contributed by atoms with E-state index in [0.717, 1.165) is 25.0 Å². The van der Waals surface area contributed by atoms with Gasteiger partial charge in [0.1, 0.15) is 11.3 Å². The zero-order valence-corrected chi connectivity index (χ0v) is 13.8. The van der Waals surface area contributed by atoms with Crippen molar-refractivity contribution in [3.05, 3.63) is 60.2 Å². The van der Waals surface area contributed by atoms with Crippen molar-refractivity contribution in [1.29, 1.82) is 0 Å². The molecule has 132 valence electrons. The summed E-state index contributed by atoms with van der Waals surface area (Å²) in [7, 11) is 0. The normalized spacial score (nSPS) is 16.3. The fourth-order valence-corrected chi connectivity index (χ4v) is 2.40. The number of ether oxygens (including phenoxy) is 1. The molecule has 0 atom stereocenters. The van der Waals surface area contributed by atoms with Gasteiger partial charge in [0, 0.05) is 0 Å². The van der Waals surface area contributed by atoms with E-state index in [1.54, 1.807) is 18.2 Å². The van der Waals surface area contributed by atoms with Gasteiger partial charge in [-0.05, 0) is 56.0 Å². The molecule has 1 aromatic heterocycles. The summed E-state index contributed by atoms with van der Waals surface area (Å²) in [6.45, 7) is 6.10. The molecule has 2 aromatic rings. The number of hydrogen-bond donors (Lipinski definition) is 0. The zero-order chi connectivity index (χ0) is 18.0. The van der Waals surface area contributed by atoms with Crippen LogP contribution in [0.3, 0.4) is 0 Å². The minimum atomic E-state index is -4.42. The molecule has 0 bridgehead atoms. The van der Waals surface area contributed by atoms with Crippen LogP contribution in [0, 0.1) is 5.92 Å². The molecular weight excluding hydrogens is 331 g/mol. The fraction of sp³-hybridized carbons (Fsp3) is 0.316. The summed E-state index contributed by atoms with van der Waals surface area (Å²) < 4.78 is 50.0. The lowest BCUT2D eigenvalue weighted by atomic mass is 10.2. The number of hydrogen-bond acceptors (Lipinski definition) is 3. The lowest BCUT2D eigenvalue weighted by Gasteiger charge is -2.10. The second-order valence-corrected chi connectivity index (χ2v) is 5.92. The highest BCUT2D eigenvalue weighted by atomic mass is 19.4. The van der Waals surface area contributed by atoms with Crippen molar-refractivity contribution < 1.29 is 22.3 Å². The quantitative estimate of drug-likeness (QED) is 0.492. The number of oxazole rings is 1. The summed E-state index contributed by atoms with van der Waals surface area (Å²) in [6.07, 6.45) is 2.91. The molecule has 6 heteroatoms. The van der Waals surface area contributed by atoms with Crippen molar-refractivity contribution in [3.8, 4) is 0 Å². The Kier molecular flexibility index (Phi) is 4.70. The maximum Gasteiger partial charge on any atom is 0.416 e. The summed E-state index contributed by atoms with van der Waals surface area (Å²) >= 11 is 0. The Hall–Kier alpha value is -2.50. The number of benzene rings is 1. The van der Waals surface area contributed by atoms with Gasteiger partial charge in [0.2, 0.25) is 5.89 Å². The molecule has 0 unspecified atom stereocenters. The Morgan fingerprint density at radius 1 is 1.40 bits per heavy atom. The van der Waals surface area contributed by atoms with Gasteiger partial charge in [-0.1, -0.05) is 12.7 Å². The van der Waals surface area contributed by atoms with Gasteiger partial charge in [-0.2, -0.15) is 13.2 Å². The molecule has 0 spiro atoms. The molecule has 1 heterocycles. The Balaban J connectivity index is 1.95. The first-order valence-electron chi connectivity index (χ1n) is 8.02. The predicted molar refractivity (Wildman–Crippen MR) is 89.6 cm³/mol. The minimum Gasteiger partial charge on any atom is -0.493 e. The summed E-state index contributed by atoms with van der Waals surface area (Å²) in [5.41, 5.74) is 0.237. The van der Waals surface area contributed by atoms with E-state index in [2.05, 4.69) is 11.6 Å². The highest BCUT2D eigenvalue weighted by molar-refractivity contribution is 5.80. The lowest BCUT2D eigenvalue weighted by Crippen LogP contribution is -2.04. The van der Waals surface area contributed by atoms with Crippen LogP contribution in [0.1, 0.15) is 31.2 Å². The molecule has 1 aliphatic carbocycles. The van der Waals surface area contributed by atoms with Gasteiger partial charge in [-0.3, -0.25) is 0 Å². The van der Waals surface area contributed by atoms with E-state index < -0.39 is 11.7 Å². The van der Waals surface area contributed by atoms with E-state index in [-0.39, 0.29) is 17.0 Å². The molecule has 0 saturated heterocycles. The average molecular weight is 349 g/mol. The number of allylic oxidation sites excluding steroid dienone is 4. The van der Waals surface area contributed by atoms with Crippen LogP contribution in [0.2, 0.25) is 0 Å². The number of fused-ring (bicyclic) bond motifs is 1. The molecule has 1 fully saturated rings. The van der Waals surface area contributed by atoms with Crippen molar-refractivity contribution in [2.45, 2.75) is 25.9 Å². The molecule has 3 nitrogen and oxygen atoms in total. The Morgan fingerprint density at radius 2 is 2.16 bits per heavy atom. The first-order valence-corrected chi connectivity index (χ1v) is 8.02. The van der Waals surface area contributed by atoms with Crippen LogP contribution >= 0.6 is 0 Å². The van der Waals surface area contributed by atoms with Gasteiger partial charge in [-0.25, -0.2) is 4.98 Å². The third-order valence-corrected chi connectivity index (χ3v) is 3.93. The number of alkyl halides is 3. The summed E-state index contributed by atoms with van der Waals surface area (Å²) in [5, 5.41) is 0. The topological polar surface area (TPSA) is 35.3 Å². The third-order valence-electron chi connectivity index (χ3n) is 3.93. The first kappa shape index (κ1) is 17.3. The smallest absolute Gasteiger partial charge is 0.416 e. The molecule has 1 aromatic carbocycles. The number of halogens is 3. The standard InChI is InChI=1S/C19H18F3NO2/c1-3-5-14(16(4-2)24-11-12-6-7-12)18-23-15-10-13(19(20,21)22)8-9-17(15)25-18/h3-5,8-10,12H,1,6-7,11H2,2H3/b14-5+,16-4+. The van der Waals surface area contributed by atoms with Gasteiger partial charge < -0.3 is 9.15 Å². The number of rotatable bonds is 6. The predicted octanol–water partition coefficient (Wildman–Crippen LogP) is 5.75. The van der Waals surface area contributed by atoms with Crippen molar-refractivity contribution in [2.75, 3.05) is 6.61 Å². The Labute approximate surface area is 143 Å². The van der Waals surface area contributed by atoms with Gasteiger partial charge in [0.05, 0.1) is 17.7 Å². The summed E-state index contributed by atoms with van der Waals surface area (Å²) in [5.74, 6) is 1.35. The molecular formula is C19H18F3NO2. The molecule has 1 aliphatic rings. The largest absolute Gasteiger partial charge is 0.493 e.